The Morgan fingerprint density at radius 1 is 0.600 bits per heavy atom. The van der Waals surface area contributed by atoms with Crippen molar-refractivity contribution in [3.63, 3.8) is 0 Å². The molecule has 0 heterocycles. The Labute approximate surface area is 133 Å². The molecule has 130 valence electrons. The van der Waals surface area contributed by atoms with Crippen molar-refractivity contribution in [2.75, 3.05) is 20.1 Å². The molecule has 0 aromatic rings. The van der Waals surface area contributed by atoms with Crippen LogP contribution in [0.4, 0.5) is 0 Å². The number of rotatable bonds is 7. The van der Waals surface area contributed by atoms with Gasteiger partial charge in [0, 0.05) is 0 Å². The van der Waals surface area contributed by atoms with E-state index in [1.807, 2.05) is 41.5 Å². The van der Waals surface area contributed by atoms with Gasteiger partial charge in [-0.2, -0.15) is 0 Å². The standard InChI is InChI=1S/C10H23N.C3H8.3C2H6/c1-4-6-7-8-9-10-11(3)5-2;1-3-2;3*1-2/h4-10H2,1-3H3;3H2,1-2H3;3*1-2H3. The molecule has 0 rings (SSSR count). The Bertz CT molecular complexity index is 81.8. The number of nitrogens with zero attached hydrogens (tertiary/aromatic N) is 1. The summed E-state index contributed by atoms with van der Waals surface area (Å²) in [5.74, 6) is 0. The van der Waals surface area contributed by atoms with Crippen LogP contribution in [0.1, 0.15) is 108 Å². The van der Waals surface area contributed by atoms with Crippen molar-refractivity contribution in [2.24, 2.45) is 0 Å². The lowest BCUT2D eigenvalue weighted by molar-refractivity contribution is 0.341. The van der Waals surface area contributed by atoms with Crippen LogP contribution in [-0.2, 0) is 0 Å². The average molecular weight is 292 g/mol. The minimum atomic E-state index is 1.19. The van der Waals surface area contributed by atoms with E-state index in [0.29, 0.717) is 0 Å². The molecule has 0 aliphatic rings. The van der Waals surface area contributed by atoms with Crippen LogP contribution in [0.5, 0.6) is 0 Å². The van der Waals surface area contributed by atoms with E-state index in [4.69, 9.17) is 0 Å². The van der Waals surface area contributed by atoms with E-state index < -0.39 is 0 Å². The molecule has 0 spiro atoms. The van der Waals surface area contributed by atoms with Crippen molar-refractivity contribution in [3.8, 4) is 0 Å². The molecule has 20 heavy (non-hydrogen) atoms. The summed E-state index contributed by atoms with van der Waals surface area (Å²) in [7, 11) is 2.19. The van der Waals surface area contributed by atoms with Crippen molar-refractivity contribution in [3.05, 3.63) is 0 Å². The van der Waals surface area contributed by atoms with Gasteiger partial charge in [-0.15, -0.1) is 0 Å². The van der Waals surface area contributed by atoms with Crippen molar-refractivity contribution >= 4 is 0 Å². The Hall–Kier alpha value is -0.0400. The van der Waals surface area contributed by atoms with E-state index >= 15 is 0 Å². The van der Waals surface area contributed by atoms with Gasteiger partial charge in [0.1, 0.15) is 0 Å². The van der Waals surface area contributed by atoms with Crippen LogP contribution < -0.4 is 0 Å². The SMILES string of the molecule is CC.CC.CC.CCC.CCCCCCCN(C)CC. The second kappa shape index (κ2) is 50.9. The third-order valence-corrected chi connectivity index (χ3v) is 2.18. The van der Waals surface area contributed by atoms with Crippen LogP contribution in [0.25, 0.3) is 0 Å². The second-order valence-electron chi connectivity index (χ2n) is 4.02. The molecule has 0 aromatic carbocycles. The van der Waals surface area contributed by atoms with Crippen molar-refractivity contribution < 1.29 is 0 Å². The molecule has 0 bridgehead atoms. The van der Waals surface area contributed by atoms with Crippen LogP contribution >= 0.6 is 0 Å². The molecule has 1 heteroatoms. The molecule has 0 unspecified atom stereocenters. The summed E-state index contributed by atoms with van der Waals surface area (Å²) >= 11 is 0. The van der Waals surface area contributed by atoms with Crippen molar-refractivity contribution in [1.29, 1.82) is 0 Å². The Kier molecular flexibility index (Phi) is 81.6. The van der Waals surface area contributed by atoms with E-state index in [-0.39, 0.29) is 0 Å². The van der Waals surface area contributed by atoms with Gasteiger partial charge < -0.3 is 4.90 Å². The predicted molar refractivity (Wildman–Crippen MR) is 102 cm³/mol. The van der Waals surface area contributed by atoms with Gasteiger partial charge >= 0.3 is 0 Å². The first kappa shape index (κ1) is 32.1. The number of unbranched alkanes of at least 4 members (excludes halogenated alkanes) is 4. The third-order valence-electron chi connectivity index (χ3n) is 2.18. The highest BCUT2D eigenvalue weighted by molar-refractivity contribution is 4.48. The molecule has 0 radical (unpaired) electrons. The topological polar surface area (TPSA) is 3.24 Å². The summed E-state index contributed by atoms with van der Waals surface area (Å²) in [6.45, 7) is 23.2. The summed E-state index contributed by atoms with van der Waals surface area (Å²) in [6, 6.07) is 0. The minimum absolute atomic E-state index is 1.19. The average Bonchev–Trinajstić information content (AvgIpc) is 2.53. The molecule has 0 aromatic heterocycles. The zero-order valence-electron chi connectivity index (χ0n) is 17.1. The van der Waals surface area contributed by atoms with Crippen LogP contribution in [0.15, 0.2) is 0 Å². The van der Waals surface area contributed by atoms with Crippen molar-refractivity contribution in [1.82, 2.24) is 4.90 Å². The lowest BCUT2D eigenvalue weighted by Crippen LogP contribution is -2.18. The lowest BCUT2D eigenvalue weighted by Gasteiger charge is -2.12. The van der Waals surface area contributed by atoms with Gasteiger partial charge in [-0.1, -0.05) is 101 Å². The fraction of sp³-hybridized carbons (Fsp3) is 1.00. The van der Waals surface area contributed by atoms with Crippen LogP contribution in [0.2, 0.25) is 0 Å². The Balaban J connectivity index is -0.0000000698. The maximum absolute atomic E-state index is 2.38. The number of hydrogen-bond acceptors (Lipinski definition) is 1. The molecular weight excluding hydrogens is 242 g/mol. The molecule has 0 N–H and O–H groups in total. The van der Waals surface area contributed by atoms with E-state index in [1.165, 1.54) is 51.6 Å². The highest BCUT2D eigenvalue weighted by Gasteiger charge is 1.93. The minimum Gasteiger partial charge on any atom is -0.307 e. The van der Waals surface area contributed by atoms with E-state index in [9.17, 15) is 0 Å². The van der Waals surface area contributed by atoms with E-state index in [0.717, 1.165) is 0 Å². The monoisotopic (exact) mass is 291 g/mol. The predicted octanol–water partition coefficient (Wildman–Crippen LogP) is 7.40. The first-order chi connectivity index (χ1) is 9.72. The molecule has 1 nitrogen and oxygen atoms in total. The van der Waals surface area contributed by atoms with Gasteiger partial charge in [-0.25, -0.2) is 0 Å². The Morgan fingerprint density at radius 2 is 0.950 bits per heavy atom. The van der Waals surface area contributed by atoms with Gasteiger partial charge in [-0.3, -0.25) is 0 Å². The smallest absolute Gasteiger partial charge is 0.00219 e. The maximum Gasteiger partial charge on any atom is -0.00219 e. The molecule has 0 saturated carbocycles. The fourth-order valence-corrected chi connectivity index (χ4v) is 1.14. The first-order valence-electron chi connectivity index (χ1n) is 9.41. The molecule has 0 atom stereocenters. The van der Waals surface area contributed by atoms with E-state index in [1.54, 1.807) is 0 Å². The highest BCUT2D eigenvalue weighted by Crippen LogP contribution is 2.02. The largest absolute Gasteiger partial charge is 0.307 e. The van der Waals surface area contributed by atoms with Gasteiger partial charge in [0.05, 0.1) is 0 Å². The van der Waals surface area contributed by atoms with Crippen LogP contribution in [-0.4, -0.2) is 25.0 Å². The lowest BCUT2D eigenvalue weighted by atomic mass is 10.1. The zero-order chi connectivity index (χ0) is 17.2. The second-order valence-corrected chi connectivity index (χ2v) is 4.02. The molecule has 0 saturated heterocycles. The molecule has 0 fully saturated rings. The molecule has 0 aliphatic heterocycles. The zero-order valence-corrected chi connectivity index (χ0v) is 17.1. The first-order valence-corrected chi connectivity index (χ1v) is 9.41. The third kappa shape index (κ3) is 64.3. The summed E-state index contributed by atoms with van der Waals surface area (Å²) in [5.41, 5.74) is 0. The van der Waals surface area contributed by atoms with Crippen LogP contribution in [0.3, 0.4) is 0 Å². The highest BCUT2D eigenvalue weighted by atomic mass is 15.1. The Morgan fingerprint density at radius 3 is 1.25 bits per heavy atom. The normalized spacial score (nSPS) is 7.80. The van der Waals surface area contributed by atoms with Crippen LogP contribution in [0, 0.1) is 0 Å². The summed E-state index contributed by atoms with van der Waals surface area (Å²) in [5, 5.41) is 0. The van der Waals surface area contributed by atoms with Gasteiger partial charge in [-0.05, 0) is 26.6 Å². The summed E-state index contributed by atoms with van der Waals surface area (Å²) in [6.07, 6.45) is 8.23. The van der Waals surface area contributed by atoms with Gasteiger partial charge in [0.2, 0.25) is 0 Å². The van der Waals surface area contributed by atoms with Crippen molar-refractivity contribution in [2.45, 2.75) is 108 Å². The molecule has 0 amide bonds. The maximum atomic E-state index is 2.38. The summed E-state index contributed by atoms with van der Waals surface area (Å²) < 4.78 is 0. The fourth-order valence-electron chi connectivity index (χ4n) is 1.14. The van der Waals surface area contributed by atoms with Gasteiger partial charge in [0.25, 0.3) is 0 Å². The summed E-state index contributed by atoms with van der Waals surface area (Å²) in [4.78, 5) is 2.38. The van der Waals surface area contributed by atoms with E-state index in [2.05, 4.69) is 39.6 Å². The van der Waals surface area contributed by atoms with Gasteiger partial charge in [0.15, 0.2) is 0 Å². The molecule has 0 aliphatic carbocycles. The molecular formula is C19H49N. The quantitative estimate of drug-likeness (QED) is 0.441. The number of hydrogen-bond donors (Lipinski definition) is 0.